The van der Waals surface area contributed by atoms with Gasteiger partial charge in [0, 0.05) is 56.0 Å². The van der Waals surface area contributed by atoms with Crippen molar-refractivity contribution in [3.05, 3.63) is 35.8 Å². The number of nitrogens with zero attached hydrogens (tertiary/aromatic N) is 4. The summed E-state index contributed by atoms with van der Waals surface area (Å²) in [6.45, 7) is 9.11. The highest BCUT2D eigenvalue weighted by Crippen LogP contribution is 2.28. The summed E-state index contributed by atoms with van der Waals surface area (Å²) in [5, 5.41) is 0.857. The summed E-state index contributed by atoms with van der Waals surface area (Å²) >= 11 is 0. The number of likely N-dealkylation sites (tertiary alicyclic amines) is 1. The number of hydrogen-bond donors (Lipinski definition) is 0. The maximum atomic E-state index is 13.8. The van der Waals surface area contributed by atoms with E-state index in [-0.39, 0.29) is 17.8 Å². The van der Waals surface area contributed by atoms with Crippen LogP contribution in [0.3, 0.4) is 0 Å². The maximum Gasteiger partial charge on any atom is 0.239 e. The molecule has 2 fully saturated rings. The number of benzene rings is 1. The van der Waals surface area contributed by atoms with Gasteiger partial charge in [0.25, 0.3) is 0 Å². The van der Waals surface area contributed by atoms with E-state index in [1.807, 2.05) is 24.8 Å². The van der Waals surface area contributed by atoms with Crippen molar-refractivity contribution in [2.45, 2.75) is 32.7 Å². The first-order chi connectivity index (χ1) is 13.0. The molecule has 2 aliphatic heterocycles. The van der Waals surface area contributed by atoms with Gasteiger partial charge in [-0.05, 0) is 51.0 Å². The number of anilines is 1. The van der Waals surface area contributed by atoms with E-state index < -0.39 is 0 Å². The number of rotatable bonds is 3. The van der Waals surface area contributed by atoms with Crippen molar-refractivity contribution < 1.29 is 9.18 Å². The van der Waals surface area contributed by atoms with Gasteiger partial charge in [0.05, 0.1) is 11.6 Å². The predicted molar refractivity (Wildman–Crippen MR) is 106 cm³/mol. The van der Waals surface area contributed by atoms with Gasteiger partial charge in [0.2, 0.25) is 5.91 Å². The summed E-state index contributed by atoms with van der Waals surface area (Å²) in [6, 6.07) is 6.74. The lowest BCUT2D eigenvalue weighted by Crippen LogP contribution is -2.54. The topological polar surface area (TPSA) is 39.7 Å². The summed E-state index contributed by atoms with van der Waals surface area (Å²) in [5.41, 5.74) is 2.80. The van der Waals surface area contributed by atoms with Gasteiger partial charge in [-0.3, -0.25) is 14.7 Å². The first-order valence-corrected chi connectivity index (χ1v) is 9.87. The third-order valence-electron chi connectivity index (χ3n) is 5.85. The summed E-state index contributed by atoms with van der Waals surface area (Å²) in [5.74, 6) is 0.0195. The SMILES string of the molecule is Cc1cc(N2CCN(C(C)C(=O)N3CCCC3)CC2)c2cc(F)ccc2n1. The zero-order chi connectivity index (χ0) is 19.0. The van der Waals surface area contributed by atoms with E-state index >= 15 is 0 Å². The van der Waals surface area contributed by atoms with E-state index in [4.69, 9.17) is 0 Å². The average Bonchev–Trinajstić information content (AvgIpc) is 3.21. The van der Waals surface area contributed by atoms with Crippen LogP contribution < -0.4 is 4.90 Å². The Morgan fingerprint density at radius 1 is 1.07 bits per heavy atom. The molecule has 0 spiro atoms. The predicted octanol–water partition coefficient (Wildman–Crippen LogP) is 2.82. The van der Waals surface area contributed by atoms with Crippen LogP contribution in [0.15, 0.2) is 24.3 Å². The molecule has 3 heterocycles. The van der Waals surface area contributed by atoms with Crippen LogP contribution in [-0.4, -0.2) is 66.0 Å². The number of piperazine rings is 1. The Kier molecular flexibility index (Phi) is 5.00. The number of carbonyl (C=O) groups excluding carboxylic acids is 1. The molecule has 27 heavy (non-hydrogen) atoms. The Hall–Kier alpha value is -2.21. The number of pyridine rings is 1. The number of hydrogen-bond acceptors (Lipinski definition) is 4. The molecule has 144 valence electrons. The molecule has 6 heteroatoms. The molecule has 1 aromatic heterocycles. The highest BCUT2D eigenvalue weighted by Gasteiger charge is 2.30. The van der Waals surface area contributed by atoms with Crippen LogP contribution in [-0.2, 0) is 4.79 Å². The fraction of sp³-hybridized carbons (Fsp3) is 0.524. The van der Waals surface area contributed by atoms with E-state index in [0.717, 1.165) is 74.4 Å². The first kappa shape index (κ1) is 18.2. The molecular weight excluding hydrogens is 343 g/mol. The molecule has 2 aliphatic rings. The largest absolute Gasteiger partial charge is 0.368 e. The van der Waals surface area contributed by atoms with Crippen LogP contribution in [0.2, 0.25) is 0 Å². The van der Waals surface area contributed by atoms with Gasteiger partial charge in [0.15, 0.2) is 0 Å². The third-order valence-corrected chi connectivity index (χ3v) is 5.85. The minimum Gasteiger partial charge on any atom is -0.368 e. The number of aryl methyl sites for hydroxylation is 1. The standard InChI is InChI=1S/C21H27FN4O/c1-15-13-20(18-14-17(22)5-6-19(18)23-15)25-11-9-24(10-12-25)16(2)21(27)26-7-3-4-8-26/h5-6,13-14,16H,3-4,7-12H2,1-2H3. The van der Waals surface area contributed by atoms with Gasteiger partial charge in [0.1, 0.15) is 5.82 Å². The third kappa shape index (κ3) is 3.63. The molecule has 0 bridgehead atoms. The van der Waals surface area contributed by atoms with Crippen LogP contribution in [0.4, 0.5) is 10.1 Å². The smallest absolute Gasteiger partial charge is 0.239 e. The second kappa shape index (κ2) is 7.43. The van der Waals surface area contributed by atoms with Gasteiger partial charge in [-0.2, -0.15) is 0 Å². The van der Waals surface area contributed by atoms with Crippen molar-refractivity contribution in [3.8, 4) is 0 Å². The van der Waals surface area contributed by atoms with Crippen LogP contribution in [0, 0.1) is 12.7 Å². The van der Waals surface area contributed by atoms with Crippen molar-refractivity contribution in [1.82, 2.24) is 14.8 Å². The van der Waals surface area contributed by atoms with Crippen LogP contribution in [0.25, 0.3) is 10.9 Å². The van der Waals surface area contributed by atoms with Crippen molar-refractivity contribution >= 4 is 22.5 Å². The highest BCUT2D eigenvalue weighted by molar-refractivity contribution is 5.92. The van der Waals surface area contributed by atoms with Crippen molar-refractivity contribution in [1.29, 1.82) is 0 Å². The van der Waals surface area contributed by atoms with E-state index in [1.54, 1.807) is 12.1 Å². The molecule has 1 aromatic carbocycles. The summed E-state index contributed by atoms with van der Waals surface area (Å²) in [6.07, 6.45) is 2.24. The lowest BCUT2D eigenvalue weighted by Gasteiger charge is -2.39. The quantitative estimate of drug-likeness (QED) is 0.833. The minimum atomic E-state index is -0.238. The Morgan fingerprint density at radius 2 is 1.78 bits per heavy atom. The Morgan fingerprint density at radius 3 is 2.48 bits per heavy atom. The lowest BCUT2D eigenvalue weighted by molar-refractivity contribution is -0.135. The van der Waals surface area contributed by atoms with Crippen LogP contribution in [0.5, 0.6) is 0 Å². The molecule has 0 aliphatic carbocycles. The fourth-order valence-corrected chi connectivity index (χ4v) is 4.28. The van der Waals surface area contributed by atoms with E-state index in [9.17, 15) is 9.18 Å². The molecule has 0 radical (unpaired) electrons. The fourth-order valence-electron chi connectivity index (χ4n) is 4.28. The van der Waals surface area contributed by atoms with Crippen molar-refractivity contribution in [2.75, 3.05) is 44.2 Å². The number of carbonyl (C=O) groups is 1. The van der Waals surface area contributed by atoms with Gasteiger partial charge < -0.3 is 9.80 Å². The average molecular weight is 370 g/mol. The second-order valence-electron chi connectivity index (χ2n) is 7.68. The zero-order valence-electron chi connectivity index (χ0n) is 16.1. The van der Waals surface area contributed by atoms with Gasteiger partial charge >= 0.3 is 0 Å². The number of halogens is 1. The van der Waals surface area contributed by atoms with E-state index in [2.05, 4.69) is 14.8 Å². The highest BCUT2D eigenvalue weighted by atomic mass is 19.1. The molecule has 5 nitrogen and oxygen atoms in total. The molecule has 0 saturated carbocycles. The molecule has 2 aromatic rings. The zero-order valence-corrected chi connectivity index (χ0v) is 16.1. The van der Waals surface area contributed by atoms with Crippen LogP contribution >= 0.6 is 0 Å². The van der Waals surface area contributed by atoms with Crippen molar-refractivity contribution in [3.63, 3.8) is 0 Å². The van der Waals surface area contributed by atoms with Crippen LogP contribution in [0.1, 0.15) is 25.5 Å². The van der Waals surface area contributed by atoms with Gasteiger partial charge in [-0.15, -0.1) is 0 Å². The summed E-state index contributed by atoms with van der Waals surface area (Å²) in [4.78, 5) is 23.8. The molecule has 0 N–H and O–H groups in total. The lowest BCUT2D eigenvalue weighted by atomic mass is 10.1. The molecule has 1 atom stereocenters. The Balaban J connectivity index is 1.48. The molecule has 2 saturated heterocycles. The number of aromatic nitrogens is 1. The molecule has 1 amide bonds. The van der Waals surface area contributed by atoms with E-state index in [0.29, 0.717) is 0 Å². The summed E-state index contributed by atoms with van der Waals surface area (Å²) in [7, 11) is 0. The van der Waals surface area contributed by atoms with Gasteiger partial charge in [-0.1, -0.05) is 0 Å². The number of fused-ring (bicyclic) bond motifs is 1. The van der Waals surface area contributed by atoms with Crippen molar-refractivity contribution in [2.24, 2.45) is 0 Å². The molecule has 1 unspecified atom stereocenters. The van der Waals surface area contributed by atoms with Gasteiger partial charge in [-0.25, -0.2) is 4.39 Å². The molecular formula is C21H27FN4O. The minimum absolute atomic E-state index is 0.0707. The summed E-state index contributed by atoms with van der Waals surface area (Å²) < 4.78 is 13.8. The maximum absolute atomic E-state index is 13.8. The Bertz CT molecular complexity index is 841. The second-order valence-corrected chi connectivity index (χ2v) is 7.68. The van der Waals surface area contributed by atoms with E-state index in [1.165, 1.54) is 6.07 Å². The normalized spacial score (nSPS) is 19.7. The first-order valence-electron chi connectivity index (χ1n) is 9.87. The Labute approximate surface area is 159 Å². The number of amides is 1. The molecule has 4 rings (SSSR count). The monoisotopic (exact) mass is 370 g/mol.